The molecule has 2 aromatic rings. The van der Waals surface area contributed by atoms with Crippen LogP contribution in [-0.2, 0) is 4.74 Å². The van der Waals surface area contributed by atoms with Gasteiger partial charge in [0, 0.05) is 33.2 Å². The number of hydrogen-bond donors (Lipinski definition) is 2. The van der Waals surface area contributed by atoms with E-state index in [-0.39, 0.29) is 35.5 Å². The molecule has 0 aromatic heterocycles. The fourth-order valence-corrected chi connectivity index (χ4v) is 2.59. The van der Waals surface area contributed by atoms with Crippen molar-refractivity contribution in [1.29, 1.82) is 0 Å². The first-order chi connectivity index (χ1) is 12.1. The Morgan fingerprint density at radius 3 is 1.88 bits per heavy atom. The van der Waals surface area contributed by atoms with Crippen LogP contribution >= 0.6 is 24.0 Å². The second-order valence-corrected chi connectivity index (χ2v) is 6.64. The van der Waals surface area contributed by atoms with Crippen LogP contribution in [0.4, 0.5) is 0 Å². The van der Waals surface area contributed by atoms with Crippen LogP contribution in [0.3, 0.4) is 0 Å². The molecule has 0 aliphatic carbocycles. The van der Waals surface area contributed by atoms with Gasteiger partial charge in [0.15, 0.2) is 5.96 Å². The van der Waals surface area contributed by atoms with E-state index < -0.39 is 0 Å². The van der Waals surface area contributed by atoms with Gasteiger partial charge < -0.3 is 15.4 Å². The molecule has 26 heavy (non-hydrogen) atoms. The Balaban J connectivity index is 0.00000338. The van der Waals surface area contributed by atoms with Crippen molar-refractivity contribution in [2.75, 3.05) is 27.2 Å². The molecule has 142 valence electrons. The molecule has 0 aliphatic rings. The molecule has 2 rings (SSSR count). The first-order valence-electron chi connectivity index (χ1n) is 8.65. The quantitative estimate of drug-likeness (QED) is 0.367. The van der Waals surface area contributed by atoms with Crippen molar-refractivity contribution in [1.82, 2.24) is 10.6 Å². The van der Waals surface area contributed by atoms with Gasteiger partial charge in [-0.25, -0.2) is 0 Å². The van der Waals surface area contributed by atoms with E-state index in [9.17, 15) is 0 Å². The molecule has 0 fully saturated rings. The van der Waals surface area contributed by atoms with E-state index >= 15 is 0 Å². The molecular weight excluding hydrogens is 437 g/mol. The molecule has 4 nitrogen and oxygen atoms in total. The lowest BCUT2D eigenvalue weighted by Crippen LogP contribution is -2.46. The molecule has 0 amide bonds. The summed E-state index contributed by atoms with van der Waals surface area (Å²) in [7, 11) is 3.51. The Kier molecular flexibility index (Phi) is 9.65. The molecule has 0 spiro atoms. The number of rotatable bonds is 7. The van der Waals surface area contributed by atoms with Crippen molar-refractivity contribution in [3.05, 3.63) is 71.8 Å². The van der Waals surface area contributed by atoms with Crippen LogP contribution in [0.25, 0.3) is 0 Å². The number of aliphatic imine (C=N–C) groups is 1. The Morgan fingerprint density at radius 1 is 0.962 bits per heavy atom. The first kappa shape index (κ1) is 22.4. The van der Waals surface area contributed by atoms with Gasteiger partial charge >= 0.3 is 0 Å². The second-order valence-electron chi connectivity index (χ2n) is 6.64. The van der Waals surface area contributed by atoms with E-state index in [0.717, 1.165) is 12.5 Å². The van der Waals surface area contributed by atoms with Crippen LogP contribution in [0.15, 0.2) is 65.7 Å². The standard InChI is InChI=1S/C21H29N3O.HI/c1-21(2,25-4)16-24-20(22-3)23-15-19(17-11-7-5-8-12-17)18-13-9-6-10-14-18;/h5-14,19H,15-16H2,1-4H3,(H2,22,23,24);1H. The lowest BCUT2D eigenvalue weighted by Gasteiger charge is -2.25. The molecule has 0 radical (unpaired) electrons. The third kappa shape index (κ3) is 6.96. The van der Waals surface area contributed by atoms with E-state index in [1.165, 1.54) is 11.1 Å². The van der Waals surface area contributed by atoms with Crippen molar-refractivity contribution in [3.63, 3.8) is 0 Å². The lowest BCUT2D eigenvalue weighted by atomic mass is 9.91. The minimum Gasteiger partial charge on any atom is -0.377 e. The van der Waals surface area contributed by atoms with Crippen molar-refractivity contribution in [2.45, 2.75) is 25.4 Å². The van der Waals surface area contributed by atoms with Gasteiger partial charge in [0.1, 0.15) is 0 Å². The number of halogens is 1. The van der Waals surface area contributed by atoms with Crippen molar-refractivity contribution < 1.29 is 4.74 Å². The summed E-state index contributed by atoms with van der Waals surface area (Å²) in [6.07, 6.45) is 0. The van der Waals surface area contributed by atoms with E-state index in [4.69, 9.17) is 4.74 Å². The Morgan fingerprint density at radius 2 is 1.46 bits per heavy atom. The summed E-state index contributed by atoms with van der Waals surface area (Å²) in [6.45, 7) is 5.54. The summed E-state index contributed by atoms with van der Waals surface area (Å²) >= 11 is 0. The Labute approximate surface area is 174 Å². The molecule has 2 aromatic carbocycles. The minimum absolute atomic E-state index is 0. The summed E-state index contributed by atoms with van der Waals surface area (Å²) in [6, 6.07) is 21.1. The van der Waals surface area contributed by atoms with E-state index in [1.54, 1.807) is 14.2 Å². The zero-order valence-electron chi connectivity index (χ0n) is 16.0. The van der Waals surface area contributed by atoms with Gasteiger partial charge in [-0.1, -0.05) is 60.7 Å². The highest BCUT2D eigenvalue weighted by atomic mass is 127. The Hall–Kier alpha value is -1.60. The van der Waals surface area contributed by atoms with Crippen molar-refractivity contribution >= 4 is 29.9 Å². The first-order valence-corrected chi connectivity index (χ1v) is 8.65. The number of nitrogens with zero attached hydrogens (tertiary/aromatic N) is 1. The maximum absolute atomic E-state index is 5.45. The fourth-order valence-electron chi connectivity index (χ4n) is 2.59. The van der Waals surface area contributed by atoms with Crippen LogP contribution in [-0.4, -0.2) is 38.8 Å². The highest BCUT2D eigenvalue weighted by molar-refractivity contribution is 14.0. The summed E-state index contributed by atoms with van der Waals surface area (Å²) in [5.41, 5.74) is 2.33. The van der Waals surface area contributed by atoms with E-state index in [1.807, 2.05) is 26.0 Å². The van der Waals surface area contributed by atoms with Gasteiger partial charge in [-0.15, -0.1) is 24.0 Å². The van der Waals surface area contributed by atoms with Crippen LogP contribution < -0.4 is 10.6 Å². The fraction of sp³-hybridized carbons (Fsp3) is 0.381. The zero-order valence-corrected chi connectivity index (χ0v) is 18.4. The maximum Gasteiger partial charge on any atom is 0.191 e. The summed E-state index contributed by atoms with van der Waals surface area (Å²) in [5, 5.41) is 6.78. The number of ether oxygens (including phenoxy) is 1. The average Bonchev–Trinajstić information content (AvgIpc) is 2.66. The Bertz CT molecular complexity index is 620. The van der Waals surface area contributed by atoms with Crippen LogP contribution in [0.5, 0.6) is 0 Å². The minimum atomic E-state index is -0.240. The van der Waals surface area contributed by atoms with Gasteiger partial charge in [-0.2, -0.15) is 0 Å². The molecular formula is C21H30IN3O. The molecule has 5 heteroatoms. The summed E-state index contributed by atoms with van der Waals surface area (Å²) in [5.74, 6) is 1.04. The molecule has 0 unspecified atom stereocenters. The van der Waals surface area contributed by atoms with Gasteiger partial charge in [0.05, 0.1) is 5.60 Å². The molecule has 2 N–H and O–H groups in total. The molecule has 0 aliphatic heterocycles. The van der Waals surface area contributed by atoms with Gasteiger partial charge in [0.2, 0.25) is 0 Å². The normalized spacial score (nSPS) is 11.8. The molecule has 0 saturated carbocycles. The monoisotopic (exact) mass is 467 g/mol. The molecule has 0 bridgehead atoms. The molecule has 0 heterocycles. The van der Waals surface area contributed by atoms with Crippen LogP contribution in [0.1, 0.15) is 30.9 Å². The largest absolute Gasteiger partial charge is 0.377 e. The maximum atomic E-state index is 5.45. The smallest absolute Gasteiger partial charge is 0.191 e. The summed E-state index contributed by atoms with van der Waals surface area (Å²) in [4.78, 5) is 4.32. The zero-order chi connectivity index (χ0) is 18.1. The third-order valence-corrected chi connectivity index (χ3v) is 4.34. The summed E-state index contributed by atoms with van der Waals surface area (Å²) < 4.78 is 5.45. The van der Waals surface area contributed by atoms with E-state index in [0.29, 0.717) is 6.54 Å². The van der Waals surface area contributed by atoms with Gasteiger partial charge in [0.25, 0.3) is 0 Å². The van der Waals surface area contributed by atoms with Crippen LogP contribution in [0, 0.1) is 0 Å². The number of benzene rings is 2. The highest BCUT2D eigenvalue weighted by Crippen LogP contribution is 2.23. The molecule has 0 saturated heterocycles. The number of nitrogens with one attached hydrogen (secondary N) is 2. The number of guanidine groups is 1. The average molecular weight is 467 g/mol. The van der Waals surface area contributed by atoms with Gasteiger partial charge in [-0.3, -0.25) is 4.99 Å². The lowest BCUT2D eigenvalue weighted by molar-refractivity contribution is 0.0268. The van der Waals surface area contributed by atoms with Crippen molar-refractivity contribution in [2.24, 2.45) is 4.99 Å². The molecule has 0 atom stereocenters. The van der Waals surface area contributed by atoms with Gasteiger partial charge in [-0.05, 0) is 25.0 Å². The second kappa shape index (κ2) is 11.2. The predicted octanol–water partition coefficient (Wildman–Crippen LogP) is 4.03. The van der Waals surface area contributed by atoms with Crippen LogP contribution in [0.2, 0.25) is 0 Å². The number of hydrogen-bond acceptors (Lipinski definition) is 2. The number of methoxy groups -OCH3 is 1. The SMILES string of the molecule is CN=C(NCC(c1ccccc1)c1ccccc1)NCC(C)(C)OC.I. The third-order valence-electron chi connectivity index (χ3n) is 4.34. The topological polar surface area (TPSA) is 45.7 Å². The predicted molar refractivity (Wildman–Crippen MR) is 121 cm³/mol. The highest BCUT2D eigenvalue weighted by Gasteiger charge is 2.18. The van der Waals surface area contributed by atoms with Crippen molar-refractivity contribution in [3.8, 4) is 0 Å². The van der Waals surface area contributed by atoms with E-state index in [2.05, 4.69) is 64.2 Å².